The average Bonchev–Trinajstić information content (AvgIpc) is 3.68. The molecule has 3 heterocycles. The van der Waals surface area contributed by atoms with Crippen molar-refractivity contribution in [1.29, 1.82) is 0 Å². The van der Waals surface area contributed by atoms with Crippen LogP contribution in [0.2, 0.25) is 0 Å². The Balaban J connectivity index is 0.921. The van der Waals surface area contributed by atoms with Gasteiger partial charge < -0.3 is 25.0 Å². The van der Waals surface area contributed by atoms with Crippen LogP contribution in [0.4, 0.5) is 17.1 Å². The number of piperazine rings is 1. The zero-order valence-electron chi connectivity index (χ0n) is 35.1. The first-order valence-corrected chi connectivity index (χ1v) is 22.9. The molecule has 0 radical (unpaired) electrons. The number of benzene rings is 2. The van der Waals surface area contributed by atoms with E-state index in [2.05, 4.69) is 50.6 Å². The summed E-state index contributed by atoms with van der Waals surface area (Å²) in [5, 5.41) is 25.7. The highest BCUT2D eigenvalue weighted by Gasteiger charge is 2.66. The molecular weight excluding hydrogens is 795 g/mol. The summed E-state index contributed by atoms with van der Waals surface area (Å²) >= 11 is 0. The summed E-state index contributed by atoms with van der Waals surface area (Å²) in [6.45, 7) is 12.0. The molecule has 14 nitrogen and oxygen atoms in total. The molecule has 2 aromatic heterocycles. The van der Waals surface area contributed by atoms with E-state index in [1.807, 2.05) is 12.1 Å². The molecule has 5 aliphatic carbocycles. The standard InChI is InChI=1S/C46H55N7O7S/c1-44(2)14-12-32(38(23-44)46-27-45(3,28-46)29-46)26-51-16-18-52(19-17-51)33-6-10-37(41(21-33)60-35-20-31-13-15-47-42(31)49-25-35)43(55)50-61(58,59)36-9-11-39(40(22-36)53(56)57)48-24-30-4-7-34(54)8-5-30/h4,6-7,9-11,13,15,20-22,25,30,34,48,54H,5,8,12,14,16-19,23-24,26-29H2,1-3H3,(H,47,49)(H,50,55). The summed E-state index contributed by atoms with van der Waals surface area (Å²) in [4.78, 5) is 37.2. The number of H-pyrrole nitrogens is 1. The average molecular weight is 850 g/mol. The molecular formula is C46H55N7O7S. The van der Waals surface area contributed by atoms with E-state index in [-0.39, 0.29) is 22.9 Å². The zero-order chi connectivity index (χ0) is 42.7. The Labute approximate surface area is 356 Å². The topological polar surface area (TPSA) is 183 Å². The van der Waals surface area contributed by atoms with Gasteiger partial charge in [-0.25, -0.2) is 18.1 Å². The van der Waals surface area contributed by atoms with Crippen LogP contribution in [0.1, 0.15) is 82.5 Å². The Hall–Kier alpha value is -5.25. The number of hydrogen-bond acceptors (Lipinski definition) is 11. The maximum atomic E-state index is 13.9. The largest absolute Gasteiger partial charge is 0.455 e. The van der Waals surface area contributed by atoms with E-state index in [0.29, 0.717) is 47.0 Å². The number of aliphatic hydroxyl groups excluding tert-OH is 1. The number of amides is 1. The van der Waals surface area contributed by atoms with Crippen LogP contribution in [0.25, 0.3) is 11.0 Å². The molecule has 4 aromatic rings. The van der Waals surface area contributed by atoms with E-state index < -0.39 is 37.5 Å². The smallest absolute Gasteiger partial charge is 0.293 e. The van der Waals surface area contributed by atoms with Gasteiger partial charge in [-0.2, -0.15) is 0 Å². The van der Waals surface area contributed by atoms with Crippen molar-refractivity contribution in [1.82, 2.24) is 19.6 Å². The Morgan fingerprint density at radius 3 is 2.54 bits per heavy atom. The molecule has 0 spiro atoms. The lowest BCUT2D eigenvalue weighted by Crippen LogP contribution is -2.61. The van der Waals surface area contributed by atoms with Gasteiger partial charge in [0.15, 0.2) is 0 Å². The summed E-state index contributed by atoms with van der Waals surface area (Å²) in [5.74, 6) is -0.390. The summed E-state index contributed by atoms with van der Waals surface area (Å²) in [5.41, 5.74) is 5.98. The third-order valence-electron chi connectivity index (χ3n) is 13.8. The molecule has 1 amide bonds. The third-order valence-corrected chi connectivity index (χ3v) is 15.1. The molecule has 2 unspecified atom stereocenters. The van der Waals surface area contributed by atoms with Gasteiger partial charge in [0.25, 0.3) is 21.6 Å². The first kappa shape index (κ1) is 41.1. The Morgan fingerprint density at radius 1 is 1.03 bits per heavy atom. The van der Waals surface area contributed by atoms with E-state index >= 15 is 0 Å². The number of hydrogen-bond donors (Lipinski definition) is 4. The van der Waals surface area contributed by atoms with Gasteiger partial charge in [0.05, 0.1) is 27.7 Å². The number of pyridine rings is 1. The molecule has 6 aliphatic rings. The predicted molar refractivity (Wildman–Crippen MR) is 234 cm³/mol. The molecule has 2 aromatic carbocycles. The molecule has 2 bridgehead atoms. The predicted octanol–water partition coefficient (Wildman–Crippen LogP) is 7.94. The number of nitro groups is 1. The molecule has 4 N–H and O–H groups in total. The monoisotopic (exact) mass is 849 g/mol. The van der Waals surface area contributed by atoms with Crippen LogP contribution >= 0.6 is 0 Å². The number of aromatic nitrogens is 2. The molecule has 15 heteroatoms. The van der Waals surface area contributed by atoms with Crippen LogP contribution in [0.3, 0.4) is 0 Å². The quantitative estimate of drug-likeness (QED) is 0.0582. The fraction of sp³-hybridized carbons (Fsp3) is 0.478. The first-order chi connectivity index (χ1) is 29.1. The van der Waals surface area contributed by atoms with Crippen LogP contribution in [0, 0.1) is 32.3 Å². The summed E-state index contributed by atoms with van der Waals surface area (Å²) in [6.07, 6.45) is 15.3. The number of carbonyl (C=O) groups is 1. The molecule has 1 aliphatic heterocycles. The summed E-state index contributed by atoms with van der Waals surface area (Å²) < 4.78 is 35.8. The van der Waals surface area contributed by atoms with Crippen molar-refractivity contribution in [3.63, 3.8) is 0 Å². The van der Waals surface area contributed by atoms with Crippen molar-refractivity contribution in [3.8, 4) is 11.5 Å². The van der Waals surface area contributed by atoms with Gasteiger partial charge in [-0.05, 0) is 110 Å². The van der Waals surface area contributed by atoms with Crippen molar-refractivity contribution in [2.75, 3.05) is 49.5 Å². The number of fused-ring (bicyclic) bond motifs is 1. The second-order valence-electron chi connectivity index (χ2n) is 19.2. The number of ether oxygens (including phenoxy) is 1. The molecule has 2 atom stereocenters. The van der Waals surface area contributed by atoms with Crippen LogP contribution in [0.5, 0.6) is 11.5 Å². The van der Waals surface area contributed by atoms with Gasteiger partial charge in [-0.1, -0.05) is 44.1 Å². The third kappa shape index (κ3) is 8.39. The number of anilines is 2. The summed E-state index contributed by atoms with van der Waals surface area (Å²) in [7, 11) is -4.56. The first-order valence-electron chi connectivity index (χ1n) is 21.5. The number of aromatic amines is 1. The van der Waals surface area contributed by atoms with Crippen molar-refractivity contribution in [2.45, 2.75) is 83.1 Å². The Bertz CT molecular complexity index is 2540. The molecule has 10 rings (SSSR count). The number of nitrogens with zero attached hydrogens (tertiary/aromatic N) is 4. The van der Waals surface area contributed by atoms with Gasteiger partial charge in [-0.15, -0.1) is 0 Å². The second-order valence-corrected chi connectivity index (χ2v) is 20.9. The van der Waals surface area contributed by atoms with Gasteiger partial charge in [0.1, 0.15) is 22.8 Å². The number of nitro benzene ring substituents is 1. The van der Waals surface area contributed by atoms with Crippen LogP contribution in [0.15, 0.2) is 89.1 Å². The number of sulfonamides is 1. The lowest BCUT2D eigenvalue weighted by atomic mass is 9.33. The maximum absolute atomic E-state index is 13.9. The SMILES string of the molecule is CC1(C)CCC(CN2CCN(c3ccc(C(=O)NS(=O)(=O)c4ccc(NCC5C=CC(O)CC5)c([N+](=O)[O-])c4)c(Oc4cnc5[nH]ccc5c4)c3)CC2)=C(C23CC(C)(C2)C3)C1. The molecule has 322 valence electrons. The molecule has 1 saturated heterocycles. The summed E-state index contributed by atoms with van der Waals surface area (Å²) in [6, 6.07) is 12.3. The lowest BCUT2D eigenvalue weighted by molar-refractivity contribution is -0.384. The second kappa shape index (κ2) is 15.6. The highest BCUT2D eigenvalue weighted by molar-refractivity contribution is 7.90. The van der Waals surface area contributed by atoms with E-state index in [1.165, 1.54) is 56.9 Å². The van der Waals surface area contributed by atoms with E-state index in [9.17, 15) is 28.4 Å². The van der Waals surface area contributed by atoms with Crippen molar-refractivity contribution in [2.24, 2.45) is 22.2 Å². The highest BCUT2D eigenvalue weighted by atomic mass is 32.2. The van der Waals surface area contributed by atoms with Crippen LogP contribution in [-0.4, -0.2) is 84.6 Å². The van der Waals surface area contributed by atoms with Crippen LogP contribution in [-0.2, 0) is 10.0 Å². The minimum absolute atomic E-state index is 0.0271. The lowest BCUT2D eigenvalue weighted by Gasteiger charge is -2.72. The minimum Gasteiger partial charge on any atom is -0.455 e. The fourth-order valence-corrected chi connectivity index (χ4v) is 11.7. The van der Waals surface area contributed by atoms with E-state index in [4.69, 9.17) is 4.74 Å². The van der Waals surface area contributed by atoms with Gasteiger partial charge in [0, 0.05) is 68.7 Å². The van der Waals surface area contributed by atoms with E-state index in [0.717, 1.165) is 49.9 Å². The molecule has 4 fully saturated rings. The van der Waals surface area contributed by atoms with Crippen molar-refractivity contribution >= 4 is 44.0 Å². The maximum Gasteiger partial charge on any atom is 0.293 e. The molecule has 61 heavy (non-hydrogen) atoms. The number of allylic oxidation sites excluding steroid dienone is 1. The van der Waals surface area contributed by atoms with E-state index in [1.54, 1.807) is 47.7 Å². The molecule has 3 saturated carbocycles. The number of carbonyl (C=O) groups excluding carboxylic acids is 1. The Kier molecular flexibility index (Phi) is 10.5. The highest BCUT2D eigenvalue weighted by Crippen LogP contribution is 2.77. The minimum atomic E-state index is -4.56. The number of rotatable bonds is 13. The fourth-order valence-electron chi connectivity index (χ4n) is 10.7. The Morgan fingerprint density at radius 2 is 1.82 bits per heavy atom. The number of aliphatic hydroxyl groups is 1. The van der Waals surface area contributed by atoms with Crippen molar-refractivity contribution in [3.05, 3.63) is 99.9 Å². The normalized spacial score (nSPS) is 26.1. The number of nitrogens with one attached hydrogen (secondary N) is 3. The van der Waals surface area contributed by atoms with Gasteiger partial charge in [-0.3, -0.25) is 19.8 Å². The van der Waals surface area contributed by atoms with Gasteiger partial charge >= 0.3 is 0 Å². The van der Waals surface area contributed by atoms with Crippen molar-refractivity contribution < 1.29 is 28.0 Å². The zero-order valence-corrected chi connectivity index (χ0v) is 35.9. The van der Waals surface area contributed by atoms with Crippen LogP contribution < -0.4 is 19.7 Å². The van der Waals surface area contributed by atoms with Gasteiger partial charge in [0.2, 0.25) is 0 Å².